The second kappa shape index (κ2) is 8.20. The molecule has 0 bridgehead atoms. The zero-order valence-electron chi connectivity index (χ0n) is 13.9. The normalized spacial score (nSPS) is 22.3. The van der Waals surface area contributed by atoms with Gasteiger partial charge < -0.3 is 14.2 Å². The topological polar surface area (TPSA) is 30.9 Å². The number of morpholine rings is 1. The third-order valence-corrected chi connectivity index (χ3v) is 3.77. The SMILES string of the molecule is C=CCc1ccc(OCCN2C[C@@H](C)O[C@@H](C)C2)c(OC)c1. The van der Waals surface area contributed by atoms with Crippen LogP contribution in [0.1, 0.15) is 19.4 Å². The van der Waals surface area contributed by atoms with Gasteiger partial charge in [0.1, 0.15) is 6.61 Å². The first kappa shape index (κ1) is 16.8. The van der Waals surface area contributed by atoms with Gasteiger partial charge >= 0.3 is 0 Å². The zero-order chi connectivity index (χ0) is 15.9. The molecule has 0 unspecified atom stereocenters. The minimum Gasteiger partial charge on any atom is -0.493 e. The Balaban J connectivity index is 1.87. The van der Waals surface area contributed by atoms with Gasteiger partial charge in [0, 0.05) is 19.6 Å². The van der Waals surface area contributed by atoms with Gasteiger partial charge in [0.25, 0.3) is 0 Å². The molecule has 0 saturated carbocycles. The predicted octanol–water partition coefficient (Wildman–Crippen LogP) is 2.91. The van der Waals surface area contributed by atoms with E-state index in [0.717, 1.165) is 37.6 Å². The molecule has 122 valence electrons. The van der Waals surface area contributed by atoms with Crippen molar-refractivity contribution in [3.05, 3.63) is 36.4 Å². The monoisotopic (exact) mass is 305 g/mol. The number of rotatable bonds is 7. The Morgan fingerprint density at radius 2 is 2.00 bits per heavy atom. The molecule has 2 rings (SSSR count). The van der Waals surface area contributed by atoms with E-state index in [4.69, 9.17) is 14.2 Å². The van der Waals surface area contributed by atoms with Crippen LogP contribution in [0.4, 0.5) is 0 Å². The van der Waals surface area contributed by atoms with Crippen LogP contribution in [0.25, 0.3) is 0 Å². The van der Waals surface area contributed by atoms with Gasteiger partial charge in [0.15, 0.2) is 11.5 Å². The Hall–Kier alpha value is -1.52. The van der Waals surface area contributed by atoms with Crippen molar-refractivity contribution in [2.24, 2.45) is 0 Å². The van der Waals surface area contributed by atoms with Gasteiger partial charge in [-0.15, -0.1) is 6.58 Å². The Labute approximate surface area is 133 Å². The molecule has 1 aliphatic heterocycles. The van der Waals surface area contributed by atoms with Crippen LogP contribution in [0.5, 0.6) is 11.5 Å². The maximum atomic E-state index is 5.90. The number of allylic oxidation sites excluding steroid dienone is 1. The van der Waals surface area contributed by atoms with E-state index < -0.39 is 0 Å². The number of benzene rings is 1. The number of nitrogens with zero attached hydrogens (tertiary/aromatic N) is 1. The van der Waals surface area contributed by atoms with E-state index in [-0.39, 0.29) is 12.2 Å². The molecule has 0 amide bonds. The lowest BCUT2D eigenvalue weighted by Crippen LogP contribution is -2.46. The summed E-state index contributed by atoms with van der Waals surface area (Å²) in [7, 11) is 1.67. The molecule has 1 fully saturated rings. The molecular formula is C18H27NO3. The van der Waals surface area contributed by atoms with E-state index in [1.165, 1.54) is 5.56 Å². The third kappa shape index (κ3) is 4.75. The van der Waals surface area contributed by atoms with Crippen molar-refractivity contribution in [1.82, 2.24) is 4.90 Å². The summed E-state index contributed by atoms with van der Waals surface area (Å²) in [6, 6.07) is 6.04. The lowest BCUT2D eigenvalue weighted by Gasteiger charge is -2.35. The van der Waals surface area contributed by atoms with Crippen molar-refractivity contribution in [3.63, 3.8) is 0 Å². The van der Waals surface area contributed by atoms with Gasteiger partial charge in [-0.3, -0.25) is 4.90 Å². The quantitative estimate of drug-likeness (QED) is 0.725. The smallest absolute Gasteiger partial charge is 0.161 e. The number of hydrogen-bond donors (Lipinski definition) is 0. The fraction of sp³-hybridized carbons (Fsp3) is 0.556. The highest BCUT2D eigenvalue weighted by atomic mass is 16.5. The summed E-state index contributed by atoms with van der Waals surface area (Å²) in [5.41, 5.74) is 1.18. The van der Waals surface area contributed by atoms with Crippen LogP contribution in [0.15, 0.2) is 30.9 Å². The molecule has 1 aromatic rings. The van der Waals surface area contributed by atoms with Crippen LogP contribution >= 0.6 is 0 Å². The van der Waals surface area contributed by atoms with E-state index in [1.54, 1.807) is 7.11 Å². The van der Waals surface area contributed by atoms with Gasteiger partial charge in [-0.2, -0.15) is 0 Å². The second-order valence-electron chi connectivity index (χ2n) is 5.84. The van der Waals surface area contributed by atoms with Gasteiger partial charge in [-0.25, -0.2) is 0 Å². The largest absolute Gasteiger partial charge is 0.493 e. The minimum atomic E-state index is 0.288. The summed E-state index contributed by atoms with van der Waals surface area (Å²) in [5, 5.41) is 0. The molecule has 0 radical (unpaired) electrons. The zero-order valence-corrected chi connectivity index (χ0v) is 13.9. The van der Waals surface area contributed by atoms with Crippen LogP contribution in [-0.2, 0) is 11.2 Å². The first-order chi connectivity index (χ1) is 10.6. The second-order valence-corrected chi connectivity index (χ2v) is 5.84. The van der Waals surface area contributed by atoms with Crippen LogP contribution in [0.3, 0.4) is 0 Å². The number of hydrogen-bond acceptors (Lipinski definition) is 4. The van der Waals surface area contributed by atoms with Crippen molar-refractivity contribution in [2.45, 2.75) is 32.5 Å². The van der Waals surface area contributed by atoms with E-state index in [1.807, 2.05) is 18.2 Å². The van der Waals surface area contributed by atoms with E-state index in [0.29, 0.717) is 6.61 Å². The molecule has 0 aromatic heterocycles. The maximum absolute atomic E-state index is 5.90. The Morgan fingerprint density at radius 1 is 1.27 bits per heavy atom. The molecule has 1 aliphatic rings. The standard InChI is InChI=1S/C18H27NO3/c1-5-6-16-7-8-17(18(11-16)20-4)21-10-9-19-12-14(2)22-15(3)13-19/h5,7-8,11,14-15H,1,6,9-10,12-13H2,2-4H3/t14-,15+. The first-order valence-electron chi connectivity index (χ1n) is 7.90. The lowest BCUT2D eigenvalue weighted by atomic mass is 10.1. The predicted molar refractivity (Wildman–Crippen MR) is 88.8 cm³/mol. The summed E-state index contributed by atoms with van der Waals surface area (Å²) >= 11 is 0. The van der Waals surface area contributed by atoms with Crippen molar-refractivity contribution in [3.8, 4) is 11.5 Å². The summed E-state index contributed by atoms with van der Waals surface area (Å²) < 4.78 is 17.1. The molecule has 1 heterocycles. The Kier molecular flexibility index (Phi) is 6.28. The molecule has 0 spiro atoms. The Bertz CT molecular complexity index is 479. The first-order valence-corrected chi connectivity index (χ1v) is 7.90. The molecule has 1 aromatic carbocycles. The number of ether oxygens (including phenoxy) is 3. The minimum absolute atomic E-state index is 0.288. The molecule has 0 aliphatic carbocycles. The highest BCUT2D eigenvalue weighted by molar-refractivity contribution is 5.43. The summed E-state index contributed by atoms with van der Waals surface area (Å²) in [4.78, 5) is 2.39. The highest BCUT2D eigenvalue weighted by Gasteiger charge is 2.21. The van der Waals surface area contributed by atoms with Crippen molar-refractivity contribution in [2.75, 3.05) is 33.4 Å². The molecule has 4 heteroatoms. The van der Waals surface area contributed by atoms with Crippen LogP contribution in [0, 0.1) is 0 Å². The highest BCUT2D eigenvalue weighted by Crippen LogP contribution is 2.28. The molecule has 1 saturated heterocycles. The van der Waals surface area contributed by atoms with Gasteiger partial charge in [-0.05, 0) is 38.0 Å². The summed E-state index contributed by atoms with van der Waals surface area (Å²) in [6.07, 6.45) is 3.30. The Morgan fingerprint density at radius 3 is 2.64 bits per heavy atom. The average molecular weight is 305 g/mol. The molecular weight excluding hydrogens is 278 g/mol. The molecule has 2 atom stereocenters. The van der Waals surface area contributed by atoms with E-state index >= 15 is 0 Å². The maximum Gasteiger partial charge on any atom is 0.161 e. The molecule has 22 heavy (non-hydrogen) atoms. The van der Waals surface area contributed by atoms with Crippen LogP contribution < -0.4 is 9.47 Å². The summed E-state index contributed by atoms with van der Waals surface area (Å²) in [6.45, 7) is 11.5. The molecule has 4 nitrogen and oxygen atoms in total. The summed E-state index contributed by atoms with van der Waals surface area (Å²) in [5.74, 6) is 1.58. The lowest BCUT2D eigenvalue weighted by molar-refractivity contribution is -0.0699. The van der Waals surface area contributed by atoms with Crippen LogP contribution in [-0.4, -0.2) is 50.5 Å². The van der Waals surface area contributed by atoms with Crippen molar-refractivity contribution in [1.29, 1.82) is 0 Å². The van der Waals surface area contributed by atoms with E-state index in [2.05, 4.69) is 31.4 Å². The number of methoxy groups -OCH3 is 1. The van der Waals surface area contributed by atoms with Crippen molar-refractivity contribution < 1.29 is 14.2 Å². The van der Waals surface area contributed by atoms with Gasteiger partial charge in [0.2, 0.25) is 0 Å². The fourth-order valence-electron chi connectivity index (χ4n) is 2.88. The third-order valence-electron chi connectivity index (χ3n) is 3.77. The molecule has 0 N–H and O–H groups in total. The van der Waals surface area contributed by atoms with Gasteiger partial charge in [-0.1, -0.05) is 12.1 Å². The van der Waals surface area contributed by atoms with Crippen molar-refractivity contribution >= 4 is 0 Å². The van der Waals surface area contributed by atoms with E-state index in [9.17, 15) is 0 Å². The average Bonchev–Trinajstić information content (AvgIpc) is 2.48. The van der Waals surface area contributed by atoms with Crippen LogP contribution in [0.2, 0.25) is 0 Å². The fourth-order valence-corrected chi connectivity index (χ4v) is 2.88. The van der Waals surface area contributed by atoms with Gasteiger partial charge in [0.05, 0.1) is 19.3 Å².